The minimum atomic E-state index is 0.0112. The molecule has 6 nitrogen and oxygen atoms in total. The van der Waals surface area contributed by atoms with Crippen LogP contribution in [0.5, 0.6) is 0 Å². The van der Waals surface area contributed by atoms with Gasteiger partial charge in [-0.15, -0.1) is 10.2 Å². The van der Waals surface area contributed by atoms with Gasteiger partial charge >= 0.3 is 5.69 Å². The number of nitrogens with one attached hydrogen (secondary N) is 1. The number of hydrogen-bond donors (Lipinski definition) is 1. The van der Waals surface area contributed by atoms with Crippen LogP contribution in [0, 0.1) is 0 Å². The van der Waals surface area contributed by atoms with E-state index in [9.17, 15) is 4.79 Å². The summed E-state index contributed by atoms with van der Waals surface area (Å²) in [4.78, 5) is 12.0. The van der Waals surface area contributed by atoms with Gasteiger partial charge in [-0.05, 0) is 13.3 Å². The molecule has 1 N–H and O–H groups in total. The Morgan fingerprint density at radius 2 is 2.06 bits per heavy atom. The van der Waals surface area contributed by atoms with E-state index >= 15 is 0 Å². The van der Waals surface area contributed by atoms with Crippen molar-refractivity contribution in [1.82, 2.24) is 19.3 Å². The Kier molecular flexibility index (Phi) is 4.14. The van der Waals surface area contributed by atoms with Gasteiger partial charge in [0, 0.05) is 25.5 Å². The van der Waals surface area contributed by atoms with Gasteiger partial charge in [0.1, 0.15) is 5.01 Å². The van der Waals surface area contributed by atoms with E-state index in [0.717, 1.165) is 29.6 Å². The predicted molar refractivity (Wildman–Crippen MR) is 72.2 cm³/mol. The summed E-state index contributed by atoms with van der Waals surface area (Å²) >= 11 is 1.48. The van der Waals surface area contributed by atoms with Crippen LogP contribution < -0.4 is 11.0 Å². The molecule has 0 atom stereocenters. The third-order valence-electron chi connectivity index (χ3n) is 2.48. The fraction of sp³-hybridized carbons (Fsp3) is 0.545. The lowest BCUT2D eigenvalue weighted by molar-refractivity contribution is 0.622. The molecule has 2 aromatic rings. The van der Waals surface area contributed by atoms with E-state index in [1.54, 1.807) is 15.3 Å². The second-order valence-electron chi connectivity index (χ2n) is 3.93. The Morgan fingerprint density at radius 3 is 2.78 bits per heavy atom. The predicted octanol–water partition coefficient (Wildman–Crippen LogP) is 1.39. The molecule has 0 fully saturated rings. The monoisotopic (exact) mass is 267 g/mol. The number of rotatable bonds is 6. The second kappa shape index (κ2) is 5.81. The van der Waals surface area contributed by atoms with Crippen molar-refractivity contribution < 1.29 is 0 Å². The first kappa shape index (κ1) is 12.8. The van der Waals surface area contributed by atoms with E-state index in [2.05, 4.69) is 22.4 Å². The normalized spacial score (nSPS) is 10.8. The maximum Gasteiger partial charge on any atom is 0.328 e. The molecule has 0 spiro atoms. The number of anilines is 1. The average Bonchev–Trinajstić information content (AvgIpc) is 2.92. The molecule has 18 heavy (non-hydrogen) atoms. The van der Waals surface area contributed by atoms with Gasteiger partial charge in [-0.1, -0.05) is 18.3 Å². The van der Waals surface area contributed by atoms with E-state index in [1.807, 2.05) is 13.1 Å². The fourth-order valence-electron chi connectivity index (χ4n) is 1.67. The SMILES string of the molecule is CCCn1ccn(Cc2nnc(NCC)s2)c1=O. The van der Waals surface area contributed by atoms with Crippen molar-refractivity contribution >= 4 is 16.5 Å². The molecule has 2 heterocycles. The third-order valence-corrected chi connectivity index (χ3v) is 3.35. The highest BCUT2D eigenvalue weighted by Crippen LogP contribution is 2.15. The Labute approximate surface area is 109 Å². The molecule has 0 aliphatic carbocycles. The number of aryl methyl sites for hydroxylation is 1. The van der Waals surface area contributed by atoms with Gasteiger partial charge in [-0.25, -0.2) is 4.79 Å². The molecule has 0 bridgehead atoms. The summed E-state index contributed by atoms with van der Waals surface area (Å²) in [5.41, 5.74) is 0.0112. The Hall–Kier alpha value is -1.63. The van der Waals surface area contributed by atoms with Crippen molar-refractivity contribution in [3.8, 4) is 0 Å². The third kappa shape index (κ3) is 2.79. The largest absolute Gasteiger partial charge is 0.360 e. The molecule has 0 aliphatic rings. The highest BCUT2D eigenvalue weighted by Gasteiger charge is 2.07. The van der Waals surface area contributed by atoms with E-state index in [4.69, 9.17) is 0 Å². The summed E-state index contributed by atoms with van der Waals surface area (Å²) in [7, 11) is 0. The molecule has 2 rings (SSSR count). The van der Waals surface area contributed by atoms with Crippen LogP contribution in [0.25, 0.3) is 0 Å². The maximum absolute atomic E-state index is 12.0. The van der Waals surface area contributed by atoms with Gasteiger partial charge in [0.05, 0.1) is 6.54 Å². The minimum absolute atomic E-state index is 0.0112. The van der Waals surface area contributed by atoms with Crippen molar-refractivity contribution in [2.75, 3.05) is 11.9 Å². The van der Waals surface area contributed by atoms with Gasteiger partial charge in [0.2, 0.25) is 5.13 Å². The van der Waals surface area contributed by atoms with Crippen LogP contribution in [0.1, 0.15) is 25.3 Å². The summed E-state index contributed by atoms with van der Waals surface area (Å²) in [5.74, 6) is 0. The standard InChI is InChI=1S/C11H17N5OS/c1-3-5-15-6-7-16(11(15)17)8-9-13-14-10(18-9)12-4-2/h6-7H,3-5,8H2,1-2H3,(H,12,14). The van der Waals surface area contributed by atoms with E-state index < -0.39 is 0 Å². The Bertz CT molecular complexity index is 556. The molecule has 0 saturated carbocycles. The first-order valence-electron chi connectivity index (χ1n) is 6.06. The average molecular weight is 267 g/mol. The van der Waals surface area contributed by atoms with Gasteiger partial charge in [-0.2, -0.15) is 0 Å². The number of imidazole rings is 1. The van der Waals surface area contributed by atoms with E-state index in [-0.39, 0.29) is 5.69 Å². The minimum Gasteiger partial charge on any atom is -0.360 e. The van der Waals surface area contributed by atoms with Crippen molar-refractivity contribution in [1.29, 1.82) is 0 Å². The van der Waals surface area contributed by atoms with Gasteiger partial charge in [-0.3, -0.25) is 9.13 Å². The lowest BCUT2D eigenvalue weighted by Crippen LogP contribution is -2.24. The lowest BCUT2D eigenvalue weighted by atomic mass is 10.5. The van der Waals surface area contributed by atoms with Crippen molar-refractivity contribution in [3.63, 3.8) is 0 Å². The van der Waals surface area contributed by atoms with Crippen molar-refractivity contribution in [2.24, 2.45) is 0 Å². The number of aromatic nitrogens is 4. The molecular weight excluding hydrogens is 250 g/mol. The molecular formula is C11H17N5OS. The van der Waals surface area contributed by atoms with Crippen LogP contribution >= 0.6 is 11.3 Å². The van der Waals surface area contributed by atoms with E-state index in [0.29, 0.717) is 6.54 Å². The first-order valence-corrected chi connectivity index (χ1v) is 6.88. The van der Waals surface area contributed by atoms with Crippen LogP contribution in [0.15, 0.2) is 17.2 Å². The molecule has 2 aromatic heterocycles. The summed E-state index contributed by atoms with van der Waals surface area (Å²) < 4.78 is 3.37. The Balaban J connectivity index is 2.10. The maximum atomic E-state index is 12.0. The summed E-state index contributed by atoms with van der Waals surface area (Å²) in [6.07, 6.45) is 4.57. The van der Waals surface area contributed by atoms with Crippen LogP contribution in [0.2, 0.25) is 0 Å². The van der Waals surface area contributed by atoms with Gasteiger partial charge < -0.3 is 5.32 Å². The molecule has 0 saturated heterocycles. The zero-order chi connectivity index (χ0) is 13.0. The van der Waals surface area contributed by atoms with Crippen molar-refractivity contribution in [3.05, 3.63) is 27.9 Å². The van der Waals surface area contributed by atoms with Crippen LogP contribution in [-0.4, -0.2) is 25.9 Å². The fourth-order valence-corrected chi connectivity index (χ4v) is 2.48. The van der Waals surface area contributed by atoms with Crippen molar-refractivity contribution in [2.45, 2.75) is 33.4 Å². The Morgan fingerprint density at radius 1 is 1.28 bits per heavy atom. The van der Waals surface area contributed by atoms with Crippen LogP contribution in [-0.2, 0) is 13.1 Å². The molecule has 98 valence electrons. The highest BCUT2D eigenvalue weighted by molar-refractivity contribution is 7.15. The summed E-state index contributed by atoms with van der Waals surface area (Å²) in [6, 6.07) is 0. The quantitative estimate of drug-likeness (QED) is 0.859. The summed E-state index contributed by atoms with van der Waals surface area (Å²) in [5, 5.41) is 12.8. The van der Waals surface area contributed by atoms with Gasteiger partial charge in [0.25, 0.3) is 0 Å². The molecule has 0 radical (unpaired) electrons. The molecule has 0 aliphatic heterocycles. The van der Waals surface area contributed by atoms with E-state index in [1.165, 1.54) is 11.3 Å². The second-order valence-corrected chi connectivity index (χ2v) is 5.00. The topological polar surface area (TPSA) is 64.7 Å². The smallest absolute Gasteiger partial charge is 0.328 e. The zero-order valence-electron chi connectivity index (χ0n) is 10.6. The molecule has 0 aromatic carbocycles. The first-order chi connectivity index (χ1) is 8.74. The summed E-state index contributed by atoms with van der Waals surface area (Å²) in [6.45, 7) is 6.12. The zero-order valence-corrected chi connectivity index (χ0v) is 11.4. The molecule has 0 unspecified atom stereocenters. The molecule has 7 heteroatoms. The van der Waals surface area contributed by atoms with Crippen LogP contribution in [0.4, 0.5) is 5.13 Å². The molecule has 0 amide bonds. The van der Waals surface area contributed by atoms with Crippen LogP contribution in [0.3, 0.4) is 0 Å². The highest BCUT2D eigenvalue weighted by atomic mass is 32.1. The lowest BCUT2D eigenvalue weighted by Gasteiger charge is -1.98. The number of hydrogen-bond acceptors (Lipinski definition) is 5. The van der Waals surface area contributed by atoms with Gasteiger partial charge in [0.15, 0.2) is 0 Å². The number of nitrogens with zero attached hydrogens (tertiary/aromatic N) is 4.